The Morgan fingerprint density at radius 2 is 1.52 bits per heavy atom. The molecule has 0 spiro atoms. The highest BCUT2D eigenvalue weighted by Gasteiger charge is 2.16. The zero-order valence-electron chi connectivity index (χ0n) is 13.9. The molecule has 0 saturated carbocycles. The number of rotatable bonds is 6. The maximum absolute atomic E-state index is 12.4. The van der Waals surface area contributed by atoms with Gasteiger partial charge in [0.25, 0.3) is 10.0 Å². The summed E-state index contributed by atoms with van der Waals surface area (Å²) in [5.41, 5.74) is 1.45. The zero-order valence-corrected chi connectivity index (χ0v) is 16.3. The lowest BCUT2D eigenvalue weighted by atomic mass is 10.0. The Morgan fingerprint density at radius 1 is 0.920 bits per heavy atom. The number of anilines is 2. The van der Waals surface area contributed by atoms with E-state index in [1.165, 1.54) is 18.2 Å². The van der Waals surface area contributed by atoms with Crippen molar-refractivity contribution in [3.8, 4) is 0 Å². The molecule has 2 aromatic rings. The van der Waals surface area contributed by atoms with E-state index in [1.54, 1.807) is 24.3 Å². The van der Waals surface area contributed by atoms with Gasteiger partial charge >= 0.3 is 0 Å². The molecule has 0 aliphatic rings. The van der Waals surface area contributed by atoms with Crippen LogP contribution in [0.5, 0.6) is 0 Å². The van der Waals surface area contributed by atoms with Gasteiger partial charge in [-0.2, -0.15) is 0 Å². The van der Waals surface area contributed by atoms with Crippen LogP contribution in [0.1, 0.15) is 25.3 Å². The molecule has 25 heavy (non-hydrogen) atoms. The zero-order chi connectivity index (χ0) is 18.8. The van der Waals surface area contributed by atoms with Crippen LogP contribution < -0.4 is 9.44 Å². The average Bonchev–Trinajstić information content (AvgIpc) is 2.48. The molecule has 6 nitrogen and oxygen atoms in total. The molecule has 0 aromatic heterocycles. The predicted molar refractivity (Wildman–Crippen MR) is 101 cm³/mol. The van der Waals surface area contributed by atoms with Crippen molar-refractivity contribution in [3.05, 3.63) is 53.1 Å². The first kappa shape index (κ1) is 19.6. The fourth-order valence-corrected chi connectivity index (χ4v) is 4.02. The summed E-state index contributed by atoms with van der Waals surface area (Å²) < 4.78 is 52.1. The van der Waals surface area contributed by atoms with Gasteiger partial charge in [0.2, 0.25) is 10.0 Å². The molecule has 2 N–H and O–H groups in total. The highest BCUT2D eigenvalue weighted by Crippen LogP contribution is 2.28. The molecule has 0 aliphatic carbocycles. The Kier molecular flexibility index (Phi) is 5.65. The van der Waals surface area contributed by atoms with Gasteiger partial charge in [0.15, 0.2) is 0 Å². The van der Waals surface area contributed by atoms with Crippen molar-refractivity contribution < 1.29 is 16.8 Å². The summed E-state index contributed by atoms with van der Waals surface area (Å²) in [7, 11) is -7.24. The van der Waals surface area contributed by atoms with Gasteiger partial charge in [0.05, 0.1) is 27.5 Å². The van der Waals surface area contributed by atoms with Gasteiger partial charge in [0.1, 0.15) is 0 Å². The SMILES string of the molecule is CC(C)c1ccc(S(=O)(=O)Nc2ccc(NS(C)(=O)=O)c(Cl)c2)cc1. The van der Waals surface area contributed by atoms with Crippen molar-refractivity contribution in [2.24, 2.45) is 0 Å². The van der Waals surface area contributed by atoms with Gasteiger partial charge in [0, 0.05) is 0 Å². The number of nitrogens with one attached hydrogen (secondary N) is 2. The Balaban J connectivity index is 2.24. The highest BCUT2D eigenvalue weighted by molar-refractivity contribution is 7.92. The van der Waals surface area contributed by atoms with E-state index in [4.69, 9.17) is 11.6 Å². The molecule has 0 amide bonds. The van der Waals surface area contributed by atoms with E-state index in [1.807, 2.05) is 13.8 Å². The number of halogens is 1. The van der Waals surface area contributed by atoms with Crippen molar-refractivity contribution in [2.45, 2.75) is 24.7 Å². The molecule has 0 radical (unpaired) electrons. The van der Waals surface area contributed by atoms with Gasteiger partial charge < -0.3 is 0 Å². The van der Waals surface area contributed by atoms with E-state index in [2.05, 4.69) is 9.44 Å². The van der Waals surface area contributed by atoms with Crippen LogP contribution in [0.2, 0.25) is 5.02 Å². The molecule has 0 aliphatic heterocycles. The third-order valence-electron chi connectivity index (χ3n) is 3.37. The average molecular weight is 403 g/mol. The van der Waals surface area contributed by atoms with Gasteiger partial charge in [-0.15, -0.1) is 0 Å². The number of benzene rings is 2. The van der Waals surface area contributed by atoms with Crippen molar-refractivity contribution in [1.82, 2.24) is 0 Å². The molecule has 136 valence electrons. The molecular weight excluding hydrogens is 384 g/mol. The molecule has 2 aromatic carbocycles. The molecule has 0 saturated heterocycles. The Hall–Kier alpha value is -1.77. The lowest BCUT2D eigenvalue weighted by molar-refractivity contribution is 0.600. The van der Waals surface area contributed by atoms with Crippen LogP contribution in [0.15, 0.2) is 47.4 Å². The van der Waals surface area contributed by atoms with E-state index in [9.17, 15) is 16.8 Å². The Labute approximate surface area is 153 Å². The van der Waals surface area contributed by atoms with Crippen LogP contribution in [0, 0.1) is 0 Å². The number of hydrogen-bond donors (Lipinski definition) is 2. The second-order valence-electron chi connectivity index (χ2n) is 5.90. The summed E-state index contributed by atoms with van der Waals surface area (Å²) in [4.78, 5) is 0.131. The molecule has 0 fully saturated rings. The van der Waals surface area contributed by atoms with Crippen LogP contribution >= 0.6 is 11.6 Å². The topological polar surface area (TPSA) is 92.3 Å². The van der Waals surface area contributed by atoms with Gasteiger partial charge in [-0.1, -0.05) is 37.6 Å². The normalized spacial score (nSPS) is 12.2. The van der Waals surface area contributed by atoms with Crippen molar-refractivity contribution in [2.75, 3.05) is 15.7 Å². The maximum Gasteiger partial charge on any atom is 0.261 e. The second kappa shape index (κ2) is 7.23. The molecular formula is C16H19ClN2O4S2. The number of hydrogen-bond acceptors (Lipinski definition) is 4. The number of sulfonamides is 2. The minimum atomic E-state index is -3.77. The Bertz CT molecular complexity index is 970. The highest BCUT2D eigenvalue weighted by atomic mass is 35.5. The molecule has 0 atom stereocenters. The summed E-state index contributed by atoms with van der Waals surface area (Å²) in [5.74, 6) is 0.304. The standard InChI is InChI=1S/C16H19ClN2O4S2/c1-11(2)12-4-7-14(8-5-12)25(22,23)18-13-6-9-16(15(17)10-13)19-24(3,20)21/h4-11,18-19H,1-3H3. The van der Waals surface area contributed by atoms with Crippen LogP contribution in [0.4, 0.5) is 11.4 Å². The Morgan fingerprint density at radius 3 is 2.00 bits per heavy atom. The first-order valence-electron chi connectivity index (χ1n) is 7.38. The lowest BCUT2D eigenvalue weighted by Gasteiger charge is -2.12. The van der Waals surface area contributed by atoms with Gasteiger partial charge in [-0.3, -0.25) is 9.44 Å². The minimum absolute atomic E-state index is 0.0841. The van der Waals surface area contributed by atoms with Gasteiger partial charge in [-0.25, -0.2) is 16.8 Å². The van der Waals surface area contributed by atoms with Gasteiger partial charge in [-0.05, 0) is 41.8 Å². The fourth-order valence-electron chi connectivity index (χ4n) is 2.11. The predicted octanol–water partition coefficient (Wildman–Crippen LogP) is 3.64. The molecule has 2 rings (SSSR count). The molecule has 0 unspecified atom stereocenters. The van der Waals surface area contributed by atoms with E-state index in [0.717, 1.165) is 11.8 Å². The minimum Gasteiger partial charge on any atom is -0.282 e. The van der Waals surface area contributed by atoms with Crippen molar-refractivity contribution in [1.29, 1.82) is 0 Å². The first-order valence-corrected chi connectivity index (χ1v) is 11.1. The van der Waals surface area contributed by atoms with Crippen molar-refractivity contribution >= 4 is 43.0 Å². The molecule has 9 heteroatoms. The van der Waals surface area contributed by atoms with Crippen LogP contribution in [-0.4, -0.2) is 23.1 Å². The third-order valence-corrected chi connectivity index (χ3v) is 5.67. The van der Waals surface area contributed by atoms with E-state index >= 15 is 0 Å². The monoisotopic (exact) mass is 402 g/mol. The van der Waals surface area contributed by atoms with E-state index < -0.39 is 20.0 Å². The van der Waals surface area contributed by atoms with Crippen LogP contribution in [0.25, 0.3) is 0 Å². The van der Waals surface area contributed by atoms with E-state index in [-0.39, 0.29) is 21.3 Å². The van der Waals surface area contributed by atoms with Crippen molar-refractivity contribution in [3.63, 3.8) is 0 Å². The smallest absolute Gasteiger partial charge is 0.261 e. The quantitative estimate of drug-likeness (QED) is 0.771. The fraction of sp³-hybridized carbons (Fsp3) is 0.250. The summed E-state index contributed by atoms with van der Waals surface area (Å²) >= 11 is 6.00. The maximum atomic E-state index is 12.4. The summed E-state index contributed by atoms with van der Waals surface area (Å²) in [6.07, 6.45) is 1.00. The summed E-state index contributed by atoms with van der Waals surface area (Å²) in [5, 5.41) is 0.0841. The first-order chi connectivity index (χ1) is 11.5. The van der Waals surface area contributed by atoms with Crippen LogP contribution in [0.3, 0.4) is 0 Å². The molecule has 0 bridgehead atoms. The summed E-state index contributed by atoms with van der Waals surface area (Å²) in [6.45, 7) is 4.05. The second-order valence-corrected chi connectivity index (χ2v) is 9.74. The third kappa shape index (κ3) is 5.35. The summed E-state index contributed by atoms with van der Waals surface area (Å²) in [6, 6.07) is 10.8. The van der Waals surface area contributed by atoms with Crippen LogP contribution in [-0.2, 0) is 20.0 Å². The van der Waals surface area contributed by atoms with E-state index in [0.29, 0.717) is 5.92 Å². The largest absolute Gasteiger partial charge is 0.282 e. The molecule has 0 heterocycles. The lowest BCUT2D eigenvalue weighted by Crippen LogP contribution is -2.13.